The number of anilines is 1. The number of rotatable bonds is 6. The fraction of sp³-hybridized carbons (Fsp3) is 0.500. The molecule has 1 aromatic heterocycles. The molecule has 172 valence electrons. The van der Waals surface area contributed by atoms with Crippen LogP contribution >= 0.6 is 23.2 Å². The minimum atomic E-state index is -0.904. The second-order valence-corrected chi connectivity index (χ2v) is 9.57. The normalized spacial score (nSPS) is 18.7. The Bertz CT molecular complexity index is 956. The maximum Gasteiger partial charge on any atom is 0.339 e. The van der Waals surface area contributed by atoms with Gasteiger partial charge < -0.3 is 19.6 Å². The van der Waals surface area contributed by atoms with Gasteiger partial charge >= 0.3 is 5.97 Å². The molecule has 2 fully saturated rings. The average molecular weight is 478 g/mol. The van der Waals surface area contributed by atoms with Gasteiger partial charge in [-0.15, -0.1) is 0 Å². The molecule has 0 bridgehead atoms. The van der Waals surface area contributed by atoms with Gasteiger partial charge in [-0.25, -0.2) is 9.78 Å². The lowest BCUT2D eigenvalue weighted by atomic mass is 9.94. The van der Waals surface area contributed by atoms with E-state index in [1.165, 1.54) is 0 Å². The highest BCUT2D eigenvalue weighted by Crippen LogP contribution is 2.30. The molecule has 4 rings (SSSR count). The number of carbonyl (C=O) groups is 1. The SMILES string of the molecule is Cc1ccnc(N2CCC(CN3CCC(Oc4ccc(Cl)c(Cl)c4)CC3)CC2)c1C(=O)O. The van der Waals surface area contributed by atoms with E-state index in [-0.39, 0.29) is 6.10 Å². The van der Waals surface area contributed by atoms with Crippen molar-refractivity contribution < 1.29 is 14.6 Å². The Balaban J connectivity index is 1.24. The standard InChI is InChI=1S/C24H29Cl2N3O3/c1-16-4-9-27-23(22(16)24(30)31)29-12-5-17(6-13-29)15-28-10-7-18(8-11-28)32-19-2-3-20(25)21(26)14-19/h2-4,9,14,17-18H,5-8,10-13,15H2,1H3,(H,30,31). The van der Waals surface area contributed by atoms with E-state index >= 15 is 0 Å². The molecule has 2 aromatic rings. The van der Waals surface area contributed by atoms with Crippen molar-refractivity contribution in [3.63, 3.8) is 0 Å². The predicted molar refractivity (Wildman–Crippen MR) is 127 cm³/mol. The highest BCUT2D eigenvalue weighted by atomic mass is 35.5. The van der Waals surface area contributed by atoms with Crippen LogP contribution in [0.1, 0.15) is 41.6 Å². The maximum absolute atomic E-state index is 11.7. The lowest BCUT2D eigenvalue weighted by Gasteiger charge is -2.38. The van der Waals surface area contributed by atoms with Crippen LogP contribution in [-0.4, -0.2) is 59.8 Å². The van der Waals surface area contributed by atoms with Gasteiger partial charge in [0, 0.05) is 45.0 Å². The van der Waals surface area contributed by atoms with Gasteiger partial charge in [0.15, 0.2) is 0 Å². The molecule has 0 saturated carbocycles. The number of likely N-dealkylation sites (tertiary alicyclic amines) is 1. The van der Waals surface area contributed by atoms with Crippen molar-refractivity contribution in [2.24, 2.45) is 5.92 Å². The third-order valence-electron chi connectivity index (χ3n) is 6.51. The summed E-state index contributed by atoms with van der Waals surface area (Å²) in [6.07, 6.45) is 5.99. The topological polar surface area (TPSA) is 65.9 Å². The van der Waals surface area contributed by atoms with Crippen LogP contribution < -0.4 is 9.64 Å². The molecule has 0 aliphatic carbocycles. The molecule has 8 heteroatoms. The molecule has 32 heavy (non-hydrogen) atoms. The van der Waals surface area contributed by atoms with Crippen LogP contribution in [0.5, 0.6) is 5.75 Å². The third-order valence-corrected chi connectivity index (χ3v) is 7.25. The quantitative estimate of drug-likeness (QED) is 0.619. The van der Waals surface area contributed by atoms with Gasteiger partial charge in [-0.05, 0) is 62.3 Å². The number of aromatic nitrogens is 1. The second-order valence-electron chi connectivity index (χ2n) is 8.76. The summed E-state index contributed by atoms with van der Waals surface area (Å²) in [4.78, 5) is 20.7. The summed E-state index contributed by atoms with van der Waals surface area (Å²) in [6.45, 7) is 6.65. The molecule has 0 atom stereocenters. The zero-order chi connectivity index (χ0) is 22.7. The lowest BCUT2D eigenvalue weighted by Crippen LogP contribution is -2.43. The largest absolute Gasteiger partial charge is 0.490 e. The molecular weight excluding hydrogens is 449 g/mol. The zero-order valence-corrected chi connectivity index (χ0v) is 19.8. The Morgan fingerprint density at radius 1 is 1.09 bits per heavy atom. The van der Waals surface area contributed by atoms with E-state index in [0.29, 0.717) is 27.3 Å². The minimum absolute atomic E-state index is 0.201. The van der Waals surface area contributed by atoms with Crippen LogP contribution in [0.3, 0.4) is 0 Å². The molecule has 0 spiro atoms. The van der Waals surface area contributed by atoms with Crippen LogP contribution in [0.15, 0.2) is 30.5 Å². The number of piperidine rings is 2. The van der Waals surface area contributed by atoms with Gasteiger partial charge in [0.1, 0.15) is 23.2 Å². The maximum atomic E-state index is 11.7. The van der Waals surface area contributed by atoms with Crippen molar-refractivity contribution in [2.75, 3.05) is 37.6 Å². The first kappa shape index (κ1) is 23.1. The van der Waals surface area contributed by atoms with Crippen molar-refractivity contribution in [3.05, 3.63) is 51.6 Å². The Labute approximate surface area is 199 Å². The van der Waals surface area contributed by atoms with Gasteiger partial charge in [-0.2, -0.15) is 0 Å². The summed E-state index contributed by atoms with van der Waals surface area (Å²) < 4.78 is 6.10. The number of pyridine rings is 1. The highest BCUT2D eigenvalue weighted by molar-refractivity contribution is 6.42. The van der Waals surface area contributed by atoms with E-state index in [1.54, 1.807) is 24.4 Å². The van der Waals surface area contributed by atoms with Gasteiger partial charge in [0.2, 0.25) is 0 Å². The molecular formula is C24H29Cl2N3O3. The lowest BCUT2D eigenvalue weighted by molar-refractivity contribution is 0.0696. The highest BCUT2D eigenvalue weighted by Gasteiger charge is 2.28. The predicted octanol–water partition coefficient (Wildman–Crippen LogP) is 5.15. The first-order chi connectivity index (χ1) is 15.4. The van der Waals surface area contributed by atoms with Crippen LogP contribution in [0.2, 0.25) is 10.0 Å². The monoisotopic (exact) mass is 477 g/mol. The van der Waals surface area contributed by atoms with Gasteiger partial charge in [-0.3, -0.25) is 0 Å². The summed E-state index contributed by atoms with van der Waals surface area (Å²) in [5.41, 5.74) is 1.09. The van der Waals surface area contributed by atoms with Crippen molar-refractivity contribution in [1.29, 1.82) is 0 Å². The van der Waals surface area contributed by atoms with Crippen LogP contribution in [-0.2, 0) is 0 Å². The number of carboxylic acids is 1. The van der Waals surface area contributed by atoms with Gasteiger partial charge in [-0.1, -0.05) is 23.2 Å². The van der Waals surface area contributed by atoms with Crippen molar-refractivity contribution >= 4 is 35.0 Å². The smallest absolute Gasteiger partial charge is 0.339 e. The molecule has 6 nitrogen and oxygen atoms in total. The first-order valence-corrected chi connectivity index (χ1v) is 11.9. The number of aryl methyl sites for hydroxylation is 1. The van der Waals surface area contributed by atoms with Crippen LogP contribution in [0.4, 0.5) is 5.82 Å². The van der Waals surface area contributed by atoms with Crippen molar-refractivity contribution in [3.8, 4) is 5.75 Å². The molecule has 1 N–H and O–H groups in total. The molecule has 0 unspecified atom stereocenters. The fourth-order valence-corrected chi connectivity index (χ4v) is 4.98. The molecule has 1 aromatic carbocycles. The molecule has 0 radical (unpaired) electrons. The fourth-order valence-electron chi connectivity index (χ4n) is 4.69. The Morgan fingerprint density at radius 2 is 1.81 bits per heavy atom. The van der Waals surface area contributed by atoms with Crippen LogP contribution in [0.25, 0.3) is 0 Å². The summed E-state index contributed by atoms with van der Waals surface area (Å²) >= 11 is 12.1. The Morgan fingerprint density at radius 3 is 2.47 bits per heavy atom. The third kappa shape index (κ3) is 5.48. The number of hydrogen-bond acceptors (Lipinski definition) is 5. The van der Waals surface area contributed by atoms with E-state index in [0.717, 1.165) is 69.7 Å². The second kappa shape index (κ2) is 10.3. The molecule has 2 saturated heterocycles. The molecule has 0 amide bonds. The number of carboxylic acid groups (broad SMARTS) is 1. The number of hydrogen-bond donors (Lipinski definition) is 1. The Hall–Kier alpha value is -2.02. The van der Waals surface area contributed by atoms with Gasteiger partial charge in [0.05, 0.1) is 10.0 Å². The number of aromatic carboxylic acids is 1. The van der Waals surface area contributed by atoms with Crippen molar-refractivity contribution in [1.82, 2.24) is 9.88 Å². The number of nitrogens with zero attached hydrogens (tertiary/aromatic N) is 3. The van der Waals surface area contributed by atoms with E-state index in [2.05, 4.69) is 14.8 Å². The molecule has 2 aliphatic heterocycles. The Kier molecular flexibility index (Phi) is 7.44. The zero-order valence-electron chi connectivity index (χ0n) is 18.3. The molecule has 2 aliphatic rings. The number of halogens is 2. The van der Waals surface area contributed by atoms with E-state index < -0.39 is 5.97 Å². The summed E-state index contributed by atoms with van der Waals surface area (Å²) in [5.74, 6) is 1.10. The average Bonchev–Trinajstić information content (AvgIpc) is 2.78. The van der Waals surface area contributed by atoms with Crippen molar-refractivity contribution in [2.45, 2.75) is 38.7 Å². The summed E-state index contributed by atoms with van der Waals surface area (Å²) in [7, 11) is 0. The van der Waals surface area contributed by atoms with Gasteiger partial charge in [0.25, 0.3) is 0 Å². The van der Waals surface area contributed by atoms with E-state index in [1.807, 2.05) is 13.0 Å². The summed E-state index contributed by atoms with van der Waals surface area (Å²) in [5, 5.41) is 10.6. The number of ether oxygens (including phenoxy) is 1. The number of benzene rings is 1. The van der Waals surface area contributed by atoms with Crippen LogP contribution in [0, 0.1) is 12.8 Å². The first-order valence-electron chi connectivity index (χ1n) is 11.2. The van der Waals surface area contributed by atoms with E-state index in [9.17, 15) is 9.90 Å². The minimum Gasteiger partial charge on any atom is -0.490 e. The summed E-state index contributed by atoms with van der Waals surface area (Å²) in [6, 6.07) is 7.18. The molecule has 3 heterocycles. The van der Waals surface area contributed by atoms with E-state index in [4.69, 9.17) is 27.9 Å².